The van der Waals surface area contributed by atoms with Crippen LogP contribution in [0.4, 0.5) is 0 Å². The van der Waals surface area contributed by atoms with Gasteiger partial charge in [-0.3, -0.25) is 14.3 Å². The number of nitrogens with one attached hydrogen (secondary N) is 1. The van der Waals surface area contributed by atoms with Crippen molar-refractivity contribution in [1.82, 2.24) is 14.6 Å². The highest BCUT2D eigenvalue weighted by atomic mass is 32.2. The van der Waals surface area contributed by atoms with Crippen LogP contribution >= 0.6 is 11.3 Å². The second-order valence-corrected chi connectivity index (χ2v) is 9.47. The molecular formula is C25H30N4O5S2. The molecule has 1 aromatic heterocycles. The average Bonchev–Trinajstić information content (AvgIpc) is 3.32. The number of carbonyl (C=O) groups is 2. The molecule has 2 amide bonds. The highest BCUT2D eigenvalue weighted by molar-refractivity contribution is 7.81. The lowest BCUT2D eigenvalue weighted by Crippen LogP contribution is -2.32. The number of nitrogens with two attached hydrogens (primary N) is 1. The molecule has 0 aliphatic carbocycles. The van der Waals surface area contributed by atoms with Gasteiger partial charge >= 0.3 is 0 Å². The van der Waals surface area contributed by atoms with Crippen LogP contribution in [0.3, 0.4) is 0 Å². The summed E-state index contributed by atoms with van der Waals surface area (Å²) < 4.78 is 24.5. The summed E-state index contributed by atoms with van der Waals surface area (Å²) in [5, 5.41) is 7.26. The predicted molar refractivity (Wildman–Crippen MR) is 140 cm³/mol. The number of carbonyl (C=O) groups excluding carboxylic acids is 2. The third-order valence-electron chi connectivity index (χ3n) is 5.08. The van der Waals surface area contributed by atoms with E-state index in [4.69, 9.17) is 14.6 Å². The Labute approximate surface area is 217 Å². The molecule has 1 unspecified atom stereocenters. The minimum Gasteiger partial charge on any atom is -0.494 e. The molecular weight excluding hydrogens is 500 g/mol. The van der Waals surface area contributed by atoms with Crippen molar-refractivity contribution in [3.05, 3.63) is 75.7 Å². The van der Waals surface area contributed by atoms with Gasteiger partial charge in [0.1, 0.15) is 22.2 Å². The summed E-state index contributed by atoms with van der Waals surface area (Å²) in [5.41, 5.74) is 1.73. The first-order valence-electron chi connectivity index (χ1n) is 11.5. The molecule has 0 bridgehead atoms. The molecule has 0 aliphatic heterocycles. The topological polar surface area (TPSA) is 124 Å². The first-order valence-corrected chi connectivity index (χ1v) is 13.6. The molecule has 3 rings (SSSR count). The molecule has 0 radical (unpaired) electrons. The molecule has 1 atom stereocenters. The number of benzene rings is 2. The number of rotatable bonds is 13. The van der Waals surface area contributed by atoms with Gasteiger partial charge in [-0.15, -0.1) is 11.3 Å². The lowest BCUT2D eigenvalue weighted by atomic mass is 10.1. The van der Waals surface area contributed by atoms with E-state index in [9.17, 15) is 13.8 Å². The molecule has 0 spiro atoms. The average molecular weight is 531 g/mol. The van der Waals surface area contributed by atoms with E-state index in [2.05, 4.69) is 21.8 Å². The van der Waals surface area contributed by atoms with Gasteiger partial charge in [-0.1, -0.05) is 30.3 Å². The molecule has 0 saturated heterocycles. The van der Waals surface area contributed by atoms with E-state index in [0.29, 0.717) is 41.8 Å². The second-order valence-electron chi connectivity index (χ2n) is 7.73. The SMILES string of the molecule is CCOc1cc(OCC)cc(C(=O)N(CCCc2ccccc2)Cc2nc(C(=O)NS(N)=O)cs2)c1. The molecule has 9 nitrogen and oxygen atoms in total. The van der Waals surface area contributed by atoms with Gasteiger partial charge in [0.25, 0.3) is 11.8 Å². The molecule has 0 saturated carbocycles. The Morgan fingerprint density at radius 1 is 1.08 bits per heavy atom. The van der Waals surface area contributed by atoms with Gasteiger partial charge in [0.2, 0.25) is 0 Å². The number of amides is 2. The van der Waals surface area contributed by atoms with Gasteiger partial charge in [0.05, 0.1) is 19.8 Å². The quantitative estimate of drug-likeness (QED) is 0.349. The third kappa shape index (κ3) is 8.14. The Bertz CT molecular complexity index is 1160. The highest BCUT2D eigenvalue weighted by Crippen LogP contribution is 2.25. The van der Waals surface area contributed by atoms with Crippen LogP contribution in [-0.4, -0.2) is 45.7 Å². The molecule has 3 N–H and O–H groups in total. The van der Waals surface area contributed by atoms with Crippen LogP contribution in [0.2, 0.25) is 0 Å². The van der Waals surface area contributed by atoms with Crippen LogP contribution < -0.4 is 19.3 Å². The van der Waals surface area contributed by atoms with E-state index in [1.165, 1.54) is 16.9 Å². The van der Waals surface area contributed by atoms with Crippen LogP contribution in [0.15, 0.2) is 53.9 Å². The zero-order valence-corrected chi connectivity index (χ0v) is 21.9. The molecule has 0 fully saturated rings. The van der Waals surface area contributed by atoms with E-state index in [1.807, 2.05) is 32.0 Å². The molecule has 1 heterocycles. The Morgan fingerprint density at radius 3 is 2.36 bits per heavy atom. The molecule has 11 heteroatoms. The van der Waals surface area contributed by atoms with Crippen LogP contribution in [0.25, 0.3) is 0 Å². The first-order chi connectivity index (χ1) is 17.4. The van der Waals surface area contributed by atoms with Gasteiger partial charge < -0.3 is 14.4 Å². The lowest BCUT2D eigenvalue weighted by Gasteiger charge is -2.22. The Hall–Kier alpha value is -3.28. The van der Waals surface area contributed by atoms with E-state index in [1.54, 1.807) is 28.5 Å². The van der Waals surface area contributed by atoms with Crippen LogP contribution in [-0.2, 0) is 24.1 Å². The van der Waals surface area contributed by atoms with E-state index >= 15 is 0 Å². The summed E-state index contributed by atoms with van der Waals surface area (Å²) in [4.78, 5) is 31.7. The van der Waals surface area contributed by atoms with Crippen molar-refractivity contribution in [2.75, 3.05) is 19.8 Å². The lowest BCUT2D eigenvalue weighted by molar-refractivity contribution is 0.0740. The number of hydrogen-bond acceptors (Lipinski definition) is 7. The van der Waals surface area contributed by atoms with Crippen LogP contribution in [0, 0.1) is 0 Å². The number of nitrogens with zero attached hydrogens (tertiary/aromatic N) is 2. The fourth-order valence-electron chi connectivity index (χ4n) is 3.54. The Kier molecular flexibility index (Phi) is 10.4. The van der Waals surface area contributed by atoms with E-state index < -0.39 is 17.1 Å². The maximum absolute atomic E-state index is 13.6. The second kappa shape index (κ2) is 13.7. The van der Waals surface area contributed by atoms with Gasteiger partial charge in [0, 0.05) is 23.6 Å². The van der Waals surface area contributed by atoms with E-state index in [0.717, 1.165) is 12.8 Å². The minimum atomic E-state index is -1.98. The third-order valence-corrected chi connectivity index (χ3v) is 6.30. The summed E-state index contributed by atoms with van der Waals surface area (Å²) in [7, 11) is 0. The minimum absolute atomic E-state index is 0.0995. The van der Waals surface area contributed by atoms with Gasteiger partial charge in [-0.2, -0.15) is 0 Å². The number of thiazole rings is 1. The van der Waals surface area contributed by atoms with Crippen molar-refractivity contribution >= 4 is 34.3 Å². The summed E-state index contributed by atoms with van der Waals surface area (Å²) in [6.45, 7) is 5.36. The fraction of sp³-hybridized carbons (Fsp3) is 0.320. The van der Waals surface area contributed by atoms with E-state index in [-0.39, 0.29) is 18.1 Å². The van der Waals surface area contributed by atoms with Crippen molar-refractivity contribution in [2.24, 2.45) is 5.14 Å². The summed E-state index contributed by atoms with van der Waals surface area (Å²) in [6, 6.07) is 15.2. The molecule has 36 heavy (non-hydrogen) atoms. The molecule has 192 valence electrons. The van der Waals surface area contributed by atoms with Gasteiger partial charge in [-0.05, 0) is 44.4 Å². The van der Waals surface area contributed by atoms with Crippen molar-refractivity contribution < 1.29 is 23.3 Å². The van der Waals surface area contributed by atoms with Crippen molar-refractivity contribution in [2.45, 2.75) is 33.2 Å². The molecule has 2 aromatic carbocycles. The number of hydrogen-bond donors (Lipinski definition) is 2. The monoisotopic (exact) mass is 530 g/mol. The number of aryl methyl sites for hydroxylation is 1. The van der Waals surface area contributed by atoms with Crippen LogP contribution in [0.5, 0.6) is 11.5 Å². The first kappa shape index (κ1) is 27.3. The zero-order valence-electron chi connectivity index (χ0n) is 20.3. The van der Waals surface area contributed by atoms with Crippen molar-refractivity contribution in [3.63, 3.8) is 0 Å². The number of ether oxygens (including phenoxy) is 2. The summed E-state index contributed by atoms with van der Waals surface area (Å²) in [6.07, 6.45) is 1.55. The molecule has 3 aromatic rings. The molecule has 0 aliphatic rings. The van der Waals surface area contributed by atoms with Crippen molar-refractivity contribution in [3.8, 4) is 11.5 Å². The predicted octanol–water partition coefficient (Wildman–Crippen LogP) is 3.48. The normalized spacial score (nSPS) is 11.5. The summed E-state index contributed by atoms with van der Waals surface area (Å²) >= 11 is -0.741. The largest absolute Gasteiger partial charge is 0.494 e. The van der Waals surface area contributed by atoms with Gasteiger partial charge in [0.15, 0.2) is 11.2 Å². The fourth-order valence-corrected chi connectivity index (χ4v) is 4.62. The maximum Gasteiger partial charge on any atom is 0.283 e. The zero-order chi connectivity index (χ0) is 25.9. The smallest absolute Gasteiger partial charge is 0.283 e. The maximum atomic E-state index is 13.6. The van der Waals surface area contributed by atoms with Crippen molar-refractivity contribution in [1.29, 1.82) is 0 Å². The number of aromatic nitrogens is 1. The standard InChI is InChI=1S/C25H30N4O5S2/c1-3-33-20-13-19(14-21(15-20)34-4-2)25(31)29(12-8-11-18-9-6-5-7-10-18)16-23-27-22(17-35-23)24(30)28-36(26)32/h5-7,9-10,13-15,17H,3-4,8,11-12,16,26H2,1-2H3,(H,28,30). The Morgan fingerprint density at radius 2 is 1.75 bits per heavy atom. The van der Waals surface area contributed by atoms with Gasteiger partial charge in [-0.25, -0.2) is 14.3 Å². The highest BCUT2D eigenvalue weighted by Gasteiger charge is 2.21. The van der Waals surface area contributed by atoms with Crippen LogP contribution in [0.1, 0.15) is 51.7 Å². The Balaban J connectivity index is 1.82. The summed E-state index contributed by atoms with van der Waals surface area (Å²) in [5.74, 6) is 0.277.